The van der Waals surface area contributed by atoms with Gasteiger partial charge in [-0.05, 0) is 35.2 Å². The summed E-state index contributed by atoms with van der Waals surface area (Å²) >= 11 is 0. The SMILES string of the molecule is COc1cccc2cc(S(=O)(=O)c3ccc(C(C)(C)C)cc3)c(=O)oc12. The Kier molecular flexibility index (Phi) is 4.40. The van der Waals surface area contributed by atoms with E-state index in [1.807, 2.05) is 20.8 Å². The van der Waals surface area contributed by atoms with E-state index in [1.165, 1.54) is 25.3 Å². The van der Waals surface area contributed by atoms with E-state index in [2.05, 4.69) is 0 Å². The summed E-state index contributed by atoms with van der Waals surface area (Å²) in [5, 5.41) is 0.480. The monoisotopic (exact) mass is 372 g/mol. The summed E-state index contributed by atoms with van der Waals surface area (Å²) in [5.41, 5.74) is 0.219. The van der Waals surface area contributed by atoms with Crippen molar-refractivity contribution in [1.29, 1.82) is 0 Å². The van der Waals surface area contributed by atoms with Crippen molar-refractivity contribution in [3.05, 3.63) is 64.5 Å². The zero-order chi connectivity index (χ0) is 19.1. The molecule has 0 aliphatic heterocycles. The maximum Gasteiger partial charge on any atom is 0.355 e. The molecule has 0 N–H and O–H groups in total. The van der Waals surface area contributed by atoms with Gasteiger partial charge in [-0.25, -0.2) is 13.2 Å². The number of hydrogen-bond acceptors (Lipinski definition) is 5. The van der Waals surface area contributed by atoms with E-state index in [0.717, 1.165) is 5.56 Å². The summed E-state index contributed by atoms with van der Waals surface area (Å²) in [4.78, 5) is 12.0. The Morgan fingerprint density at radius 2 is 1.65 bits per heavy atom. The van der Waals surface area contributed by atoms with Gasteiger partial charge in [0.05, 0.1) is 12.0 Å². The first-order valence-electron chi connectivity index (χ1n) is 8.11. The van der Waals surface area contributed by atoms with Crippen molar-refractivity contribution in [3.63, 3.8) is 0 Å². The summed E-state index contributed by atoms with van der Waals surface area (Å²) in [6.07, 6.45) is 0. The number of methoxy groups -OCH3 is 1. The molecule has 2 aromatic carbocycles. The molecule has 0 saturated heterocycles. The van der Waals surface area contributed by atoms with Gasteiger partial charge < -0.3 is 9.15 Å². The van der Waals surface area contributed by atoms with Gasteiger partial charge in [0.1, 0.15) is 0 Å². The molecule has 6 heteroatoms. The normalized spacial score (nSPS) is 12.3. The van der Waals surface area contributed by atoms with Crippen LogP contribution in [-0.2, 0) is 15.3 Å². The molecule has 0 unspecified atom stereocenters. The standard InChI is InChI=1S/C20H20O5S/c1-20(2,3)14-8-10-15(11-9-14)26(22,23)17-12-13-6-5-7-16(24-4)18(13)25-19(17)21/h5-12H,1-4H3. The summed E-state index contributed by atoms with van der Waals surface area (Å²) < 4.78 is 36.2. The minimum absolute atomic E-state index is 0.0556. The molecule has 1 heterocycles. The van der Waals surface area contributed by atoms with E-state index >= 15 is 0 Å². The summed E-state index contributed by atoms with van der Waals surface area (Å²) in [5.74, 6) is 0.373. The number of sulfone groups is 1. The van der Waals surface area contributed by atoms with Crippen molar-refractivity contribution in [2.75, 3.05) is 7.11 Å². The molecule has 5 nitrogen and oxygen atoms in total. The van der Waals surface area contributed by atoms with E-state index in [9.17, 15) is 13.2 Å². The molecule has 0 fully saturated rings. The fraction of sp³-hybridized carbons (Fsp3) is 0.250. The van der Waals surface area contributed by atoms with Gasteiger partial charge in [0.2, 0.25) is 9.84 Å². The molecule has 136 valence electrons. The van der Waals surface area contributed by atoms with Crippen LogP contribution >= 0.6 is 0 Å². The lowest BCUT2D eigenvalue weighted by Gasteiger charge is -2.19. The van der Waals surface area contributed by atoms with E-state index in [1.54, 1.807) is 30.3 Å². The molecular formula is C20H20O5S. The van der Waals surface area contributed by atoms with Crippen molar-refractivity contribution < 1.29 is 17.6 Å². The molecule has 0 bridgehead atoms. The predicted octanol–water partition coefficient (Wildman–Crippen LogP) is 3.93. The van der Waals surface area contributed by atoms with Crippen molar-refractivity contribution in [2.24, 2.45) is 0 Å². The molecule has 0 atom stereocenters. The molecule has 0 saturated carbocycles. The van der Waals surface area contributed by atoms with Crippen LogP contribution in [0, 0.1) is 0 Å². The molecule has 0 amide bonds. The Hall–Kier alpha value is -2.60. The summed E-state index contributed by atoms with van der Waals surface area (Å²) in [6.45, 7) is 6.13. The van der Waals surface area contributed by atoms with Crippen LogP contribution in [0.3, 0.4) is 0 Å². The average Bonchev–Trinajstić information content (AvgIpc) is 2.60. The summed E-state index contributed by atoms with van der Waals surface area (Å²) in [7, 11) is -2.54. The Labute approximate surface area is 152 Å². The van der Waals surface area contributed by atoms with E-state index < -0.39 is 15.5 Å². The van der Waals surface area contributed by atoms with Gasteiger partial charge in [-0.15, -0.1) is 0 Å². The van der Waals surface area contributed by atoms with E-state index in [0.29, 0.717) is 11.1 Å². The quantitative estimate of drug-likeness (QED) is 0.651. The average molecular weight is 372 g/mol. The van der Waals surface area contributed by atoms with E-state index in [-0.39, 0.29) is 20.8 Å². The highest BCUT2D eigenvalue weighted by Crippen LogP contribution is 2.29. The number of hydrogen-bond donors (Lipinski definition) is 0. The Balaban J connectivity index is 2.16. The third-order valence-corrected chi connectivity index (χ3v) is 5.99. The highest BCUT2D eigenvalue weighted by atomic mass is 32.2. The second-order valence-corrected chi connectivity index (χ2v) is 8.97. The van der Waals surface area contributed by atoms with Gasteiger partial charge in [0.15, 0.2) is 16.2 Å². The zero-order valence-electron chi connectivity index (χ0n) is 15.1. The molecule has 3 aromatic rings. The molecule has 26 heavy (non-hydrogen) atoms. The van der Waals surface area contributed by atoms with Crippen LogP contribution in [0.4, 0.5) is 0 Å². The van der Waals surface area contributed by atoms with Gasteiger partial charge >= 0.3 is 5.63 Å². The third kappa shape index (κ3) is 3.12. The van der Waals surface area contributed by atoms with Crippen LogP contribution in [0.2, 0.25) is 0 Å². The maximum atomic E-state index is 12.9. The van der Waals surface area contributed by atoms with E-state index in [4.69, 9.17) is 9.15 Å². The first kappa shape index (κ1) is 18.2. The number of ether oxygens (including phenoxy) is 1. The summed E-state index contributed by atoms with van der Waals surface area (Å²) in [6, 6.07) is 12.9. The van der Waals surface area contributed by atoms with Crippen molar-refractivity contribution in [1.82, 2.24) is 0 Å². The lowest BCUT2D eigenvalue weighted by molar-refractivity contribution is 0.405. The number of rotatable bonds is 3. The van der Waals surface area contributed by atoms with Gasteiger partial charge in [0, 0.05) is 5.39 Å². The van der Waals surface area contributed by atoms with Crippen LogP contribution in [0.15, 0.2) is 67.5 Å². The van der Waals surface area contributed by atoms with Gasteiger partial charge in [-0.1, -0.05) is 45.0 Å². The molecule has 3 rings (SSSR count). The Morgan fingerprint density at radius 1 is 1.00 bits per heavy atom. The maximum absolute atomic E-state index is 12.9. The molecule has 0 spiro atoms. The predicted molar refractivity (Wildman–Crippen MR) is 99.6 cm³/mol. The van der Waals surface area contributed by atoms with Crippen molar-refractivity contribution in [2.45, 2.75) is 36.0 Å². The molecule has 1 aromatic heterocycles. The van der Waals surface area contributed by atoms with Crippen LogP contribution in [0.5, 0.6) is 5.75 Å². The smallest absolute Gasteiger partial charge is 0.355 e. The first-order chi connectivity index (χ1) is 12.1. The highest BCUT2D eigenvalue weighted by molar-refractivity contribution is 7.91. The zero-order valence-corrected chi connectivity index (χ0v) is 15.9. The van der Waals surface area contributed by atoms with Crippen LogP contribution in [0.1, 0.15) is 26.3 Å². The molecule has 0 radical (unpaired) electrons. The van der Waals surface area contributed by atoms with Crippen molar-refractivity contribution in [3.8, 4) is 5.75 Å². The molecular weight excluding hydrogens is 352 g/mol. The topological polar surface area (TPSA) is 73.6 Å². The third-order valence-electron chi connectivity index (χ3n) is 4.23. The largest absolute Gasteiger partial charge is 0.493 e. The lowest BCUT2D eigenvalue weighted by atomic mass is 9.87. The lowest BCUT2D eigenvalue weighted by Crippen LogP contribution is -2.15. The van der Waals surface area contributed by atoms with Crippen molar-refractivity contribution >= 4 is 20.8 Å². The second-order valence-electron chi connectivity index (χ2n) is 7.05. The molecule has 0 aliphatic rings. The highest BCUT2D eigenvalue weighted by Gasteiger charge is 2.24. The Bertz CT molecular complexity index is 1120. The van der Waals surface area contributed by atoms with Gasteiger partial charge in [-0.2, -0.15) is 0 Å². The fourth-order valence-corrected chi connectivity index (χ4v) is 4.00. The number of benzene rings is 2. The van der Waals surface area contributed by atoms with Crippen LogP contribution in [-0.4, -0.2) is 15.5 Å². The van der Waals surface area contributed by atoms with Crippen LogP contribution in [0.25, 0.3) is 11.0 Å². The van der Waals surface area contributed by atoms with Gasteiger partial charge in [0.25, 0.3) is 0 Å². The first-order valence-corrected chi connectivity index (χ1v) is 9.59. The van der Waals surface area contributed by atoms with Crippen LogP contribution < -0.4 is 10.4 Å². The van der Waals surface area contributed by atoms with Gasteiger partial charge in [-0.3, -0.25) is 0 Å². The Morgan fingerprint density at radius 3 is 2.23 bits per heavy atom. The molecule has 0 aliphatic carbocycles. The minimum Gasteiger partial charge on any atom is -0.493 e. The minimum atomic E-state index is -3.99. The number of para-hydroxylation sites is 1. The second kappa shape index (κ2) is 6.29. The fourth-order valence-electron chi connectivity index (χ4n) is 2.71. The number of fused-ring (bicyclic) bond motifs is 1.